The van der Waals surface area contributed by atoms with E-state index in [1.165, 1.54) is 6.42 Å². The first-order valence-corrected chi connectivity index (χ1v) is 7.74. The number of nitrogens with one attached hydrogen (secondary N) is 1. The Bertz CT molecular complexity index is 341. The Kier molecular flexibility index (Phi) is 7.04. The van der Waals surface area contributed by atoms with Gasteiger partial charge in [-0.05, 0) is 32.1 Å². The van der Waals surface area contributed by atoms with Gasteiger partial charge >= 0.3 is 0 Å². The first kappa shape index (κ1) is 17.0. The van der Waals surface area contributed by atoms with Crippen molar-refractivity contribution in [1.82, 2.24) is 10.2 Å². The predicted octanol–water partition coefficient (Wildman–Crippen LogP) is 1.53. The number of terminal acetylenes is 1. The molecule has 2 N–H and O–H groups in total. The number of rotatable bonds is 9. The normalized spacial score (nSPS) is 15.8. The van der Waals surface area contributed by atoms with Gasteiger partial charge in [-0.2, -0.15) is 0 Å². The second-order valence-electron chi connectivity index (χ2n) is 5.61. The molecule has 0 heterocycles. The molecular weight excluding hydrogens is 252 g/mol. The summed E-state index contributed by atoms with van der Waals surface area (Å²) in [4.78, 5) is 14.4. The van der Waals surface area contributed by atoms with Crippen molar-refractivity contribution in [1.29, 1.82) is 0 Å². The molecule has 1 fully saturated rings. The van der Waals surface area contributed by atoms with E-state index in [1.807, 2.05) is 13.8 Å². The molecule has 0 atom stereocenters. The van der Waals surface area contributed by atoms with Crippen LogP contribution in [0.1, 0.15) is 52.4 Å². The zero-order valence-electron chi connectivity index (χ0n) is 12.8. The Balaban J connectivity index is 2.54. The maximum Gasteiger partial charge on any atom is 0.235 e. The standard InChI is InChI=1S/C16H28N2O2/c1-4-16(5-2,6-3)17-15(20)13-18(11-8-12-19)14-9-7-10-14/h1,14,19H,5-13H2,2-3H3,(H,17,20). The quantitative estimate of drug-likeness (QED) is 0.630. The molecule has 0 aromatic heterocycles. The molecule has 114 valence electrons. The third-order valence-electron chi connectivity index (χ3n) is 4.40. The Morgan fingerprint density at radius 2 is 2.10 bits per heavy atom. The first-order chi connectivity index (χ1) is 9.60. The van der Waals surface area contributed by atoms with Gasteiger partial charge in [0.05, 0.1) is 6.54 Å². The van der Waals surface area contributed by atoms with Gasteiger partial charge in [0.2, 0.25) is 5.91 Å². The van der Waals surface area contributed by atoms with Crippen LogP contribution in [0.25, 0.3) is 0 Å². The Hall–Kier alpha value is -1.05. The molecule has 1 aliphatic rings. The monoisotopic (exact) mass is 280 g/mol. The van der Waals surface area contributed by atoms with Crippen molar-refractivity contribution in [3.63, 3.8) is 0 Å². The van der Waals surface area contributed by atoms with Crippen LogP contribution in [-0.4, -0.2) is 47.2 Å². The number of hydrogen-bond acceptors (Lipinski definition) is 3. The molecule has 0 aliphatic heterocycles. The summed E-state index contributed by atoms with van der Waals surface area (Å²) in [6.45, 7) is 5.32. The lowest BCUT2D eigenvalue weighted by Gasteiger charge is -2.38. The van der Waals surface area contributed by atoms with Crippen molar-refractivity contribution in [3.8, 4) is 12.3 Å². The van der Waals surface area contributed by atoms with Gasteiger partial charge in [-0.15, -0.1) is 6.42 Å². The molecule has 1 rings (SSSR count). The molecule has 1 amide bonds. The summed E-state index contributed by atoms with van der Waals surface area (Å²) in [5, 5.41) is 12.0. The SMILES string of the molecule is C#CC(CC)(CC)NC(=O)CN(CCCO)C1CCC1. The fourth-order valence-corrected chi connectivity index (χ4v) is 2.57. The summed E-state index contributed by atoms with van der Waals surface area (Å²) in [7, 11) is 0. The third kappa shape index (κ3) is 4.50. The predicted molar refractivity (Wildman–Crippen MR) is 81.2 cm³/mol. The number of aliphatic hydroxyl groups excluding tert-OH is 1. The van der Waals surface area contributed by atoms with Gasteiger partial charge < -0.3 is 10.4 Å². The molecule has 0 bridgehead atoms. The molecule has 0 aromatic rings. The van der Waals surface area contributed by atoms with E-state index in [1.54, 1.807) is 0 Å². The highest BCUT2D eigenvalue weighted by atomic mass is 16.3. The van der Waals surface area contributed by atoms with E-state index in [9.17, 15) is 4.79 Å². The number of carbonyl (C=O) groups is 1. The van der Waals surface area contributed by atoms with Gasteiger partial charge in [0, 0.05) is 19.2 Å². The molecular formula is C16H28N2O2. The van der Waals surface area contributed by atoms with Crippen molar-refractivity contribution >= 4 is 5.91 Å². The zero-order valence-corrected chi connectivity index (χ0v) is 12.8. The number of nitrogens with zero attached hydrogens (tertiary/aromatic N) is 1. The van der Waals surface area contributed by atoms with Crippen molar-refractivity contribution in [3.05, 3.63) is 0 Å². The highest BCUT2D eigenvalue weighted by Gasteiger charge is 2.29. The highest BCUT2D eigenvalue weighted by Crippen LogP contribution is 2.24. The number of hydrogen-bond donors (Lipinski definition) is 2. The second-order valence-corrected chi connectivity index (χ2v) is 5.61. The third-order valence-corrected chi connectivity index (χ3v) is 4.40. The summed E-state index contributed by atoms with van der Waals surface area (Å²) in [6.07, 6.45) is 11.3. The molecule has 0 aromatic carbocycles. The Morgan fingerprint density at radius 1 is 1.45 bits per heavy atom. The highest BCUT2D eigenvalue weighted by molar-refractivity contribution is 5.79. The smallest absolute Gasteiger partial charge is 0.235 e. The molecule has 0 saturated heterocycles. The lowest BCUT2D eigenvalue weighted by atomic mass is 9.91. The minimum atomic E-state index is -0.515. The average molecular weight is 280 g/mol. The Morgan fingerprint density at radius 3 is 2.50 bits per heavy atom. The van der Waals surface area contributed by atoms with E-state index in [0.717, 1.165) is 32.2 Å². The average Bonchev–Trinajstić information content (AvgIpc) is 2.40. The molecule has 1 saturated carbocycles. The molecule has 20 heavy (non-hydrogen) atoms. The Labute approximate surface area is 122 Å². The summed E-state index contributed by atoms with van der Waals surface area (Å²) in [6, 6.07) is 0.496. The van der Waals surface area contributed by atoms with Crippen LogP contribution in [0.3, 0.4) is 0 Å². The van der Waals surface area contributed by atoms with Crippen LogP contribution in [-0.2, 0) is 4.79 Å². The molecule has 4 heteroatoms. The van der Waals surface area contributed by atoms with E-state index >= 15 is 0 Å². The maximum absolute atomic E-state index is 12.2. The number of amides is 1. The van der Waals surface area contributed by atoms with E-state index in [2.05, 4.69) is 16.1 Å². The van der Waals surface area contributed by atoms with Crippen molar-refractivity contribution in [2.75, 3.05) is 19.7 Å². The fraction of sp³-hybridized carbons (Fsp3) is 0.812. The van der Waals surface area contributed by atoms with Gasteiger partial charge in [-0.25, -0.2) is 0 Å². The van der Waals surface area contributed by atoms with Crippen LogP contribution in [0.5, 0.6) is 0 Å². The largest absolute Gasteiger partial charge is 0.396 e. The molecule has 0 unspecified atom stereocenters. The lowest BCUT2D eigenvalue weighted by molar-refractivity contribution is -0.124. The van der Waals surface area contributed by atoms with Crippen LogP contribution in [0.2, 0.25) is 0 Å². The van der Waals surface area contributed by atoms with Crippen LogP contribution in [0.4, 0.5) is 0 Å². The van der Waals surface area contributed by atoms with Gasteiger partial charge in [-0.3, -0.25) is 9.69 Å². The first-order valence-electron chi connectivity index (χ1n) is 7.74. The van der Waals surface area contributed by atoms with Crippen molar-refractivity contribution < 1.29 is 9.90 Å². The summed E-state index contributed by atoms with van der Waals surface area (Å²) < 4.78 is 0. The number of aliphatic hydroxyl groups is 1. The van der Waals surface area contributed by atoms with Gasteiger partial charge in [-0.1, -0.05) is 26.2 Å². The van der Waals surface area contributed by atoms with E-state index in [-0.39, 0.29) is 12.5 Å². The van der Waals surface area contributed by atoms with Gasteiger partial charge in [0.25, 0.3) is 0 Å². The van der Waals surface area contributed by atoms with Crippen LogP contribution >= 0.6 is 0 Å². The molecule has 4 nitrogen and oxygen atoms in total. The van der Waals surface area contributed by atoms with Crippen LogP contribution in [0, 0.1) is 12.3 Å². The molecule has 0 radical (unpaired) electrons. The number of carbonyl (C=O) groups excluding carboxylic acids is 1. The summed E-state index contributed by atoms with van der Waals surface area (Å²) in [5.74, 6) is 2.73. The van der Waals surface area contributed by atoms with Crippen molar-refractivity contribution in [2.45, 2.75) is 64.0 Å². The molecule has 1 aliphatic carbocycles. The maximum atomic E-state index is 12.2. The second kappa shape index (κ2) is 8.28. The van der Waals surface area contributed by atoms with Crippen LogP contribution < -0.4 is 5.32 Å². The minimum absolute atomic E-state index is 0.00325. The van der Waals surface area contributed by atoms with Gasteiger partial charge in [0.15, 0.2) is 0 Å². The topological polar surface area (TPSA) is 52.6 Å². The van der Waals surface area contributed by atoms with Gasteiger partial charge in [0.1, 0.15) is 5.54 Å². The fourth-order valence-electron chi connectivity index (χ4n) is 2.57. The molecule has 0 spiro atoms. The zero-order chi connectivity index (χ0) is 15.0. The van der Waals surface area contributed by atoms with E-state index < -0.39 is 5.54 Å². The van der Waals surface area contributed by atoms with E-state index in [0.29, 0.717) is 19.0 Å². The summed E-state index contributed by atoms with van der Waals surface area (Å²) >= 11 is 0. The van der Waals surface area contributed by atoms with Crippen molar-refractivity contribution in [2.24, 2.45) is 0 Å². The minimum Gasteiger partial charge on any atom is -0.396 e. The van der Waals surface area contributed by atoms with Crippen LogP contribution in [0.15, 0.2) is 0 Å². The lowest BCUT2D eigenvalue weighted by Crippen LogP contribution is -2.52. The summed E-state index contributed by atoms with van der Waals surface area (Å²) in [5.41, 5.74) is -0.515. The van der Waals surface area contributed by atoms with E-state index in [4.69, 9.17) is 11.5 Å².